The minimum absolute atomic E-state index is 0.0188. The Morgan fingerprint density at radius 3 is 2.86 bits per heavy atom. The van der Waals surface area contributed by atoms with E-state index in [0.717, 1.165) is 24.8 Å². The molecular weight excluding hydrogens is 266 g/mol. The summed E-state index contributed by atoms with van der Waals surface area (Å²) in [6, 6.07) is 5.86. The number of carbonyl (C=O) groups excluding carboxylic acids is 1. The summed E-state index contributed by atoms with van der Waals surface area (Å²) in [6.45, 7) is 0.659. The van der Waals surface area contributed by atoms with E-state index in [2.05, 4.69) is 15.4 Å². The van der Waals surface area contributed by atoms with Crippen LogP contribution in [-0.4, -0.2) is 26.7 Å². The van der Waals surface area contributed by atoms with Gasteiger partial charge in [-0.25, -0.2) is 0 Å². The number of carbonyl (C=O) groups is 1. The summed E-state index contributed by atoms with van der Waals surface area (Å²) >= 11 is 0. The predicted molar refractivity (Wildman–Crippen MR) is 79.5 cm³/mol. The molecule has 0 radical (unpaired) electrons. The zero-order valence-electron chi connectivity index (χ0n) is 11.8. The Bertz CT molecular complexity index is 610. The number of hydrogen-bond acceptors (Lipinski definition) is 4. The van der Waals surface area contributed by atoms with Crippen LogP contribution >= 0.6 is 0 Å². The van der Waals surface area contributed by atoms with Crippen LogP contribution in [0.2, 0.25) is 0 Å². The topological polar surface area (TPSA) is 85.8 Å². The van der Waals surface area contributed by atoms with Crippen molar-refractivity contribution in [3.8, 4) is 0 Å². The Morgan fingerprint density at radius 1 is 1.33 bits per heavy atom. The van der Waals surface area contributed by atoms with E-state index in [1.54, 1.807) is 17.1 Å². The fourth-order valence-corrected chi connectivity index (χ4v) is 2.67. The molecule has 0 spiro atoms. The van der Waals surface area contributed by atoms with E-state index >= 15 is 0 Å². The van der Waals surface area contributed by atoms with E-state index < -0.39 is 0 Å². The number of nitrogens with zero attached hydrogens (tertiary/aromatic N) is 3. The molecule has 21 heavy (non-hydrogen) atoms. The SMILES string of the molecule is NC1CCC(C(=O)Nc2ccn(Cc3ccncc3)n2)C1. The lowest BCUT2D eigenvalue weighted by molar-refractivity contribution is -0.119. The average molecular weight is 285 g/mol. The standard InChI is InChI=1S/C15H19N5O/c16-13-2-1-12(9-13)15(21)18-14-5-8-20(19-14)10-11-3-6-17-7-4-11/h3-8,12-13H,1-2,9-10,16H2,(H,18,19,21). The first kappa shape index (κ1) is 13.8. The number of pyridine rings is 1. The van der Waals surface area contributed by atoms with Crippen LogP contribution in [-0.2, 0) is 11.3 Å². The zero-order valence-corrected chi connectivity index (χ0v) is 11.8. The number of aromatic nitrogens is 3. The number of nitrogens with one attached hydrogen (secondary N) is 1. The Kier molecular flexibility index (Phi) is 3.96. The third-order valence-electron chi connectivity index (χ3n) is 3.83. The van der Waals surface area contributed by atoms with Gasteiger partial charge in [0.15, 0.2) is 5.82 Å². The van der Waals surface area contributed by atoms with Gasteiger partial charge in [0.2, 0.25) is 5.91 Å². The lowest BCUT2D eigenvalue weighted by atomic mass is 10.1. The number of anilines is 1. The van der Waals surface area contributed by atoms with Gasteiger partial charge in [0, 0.05) is 36.6 Å². The molecule has 2 atom stereocenters. The van der Waals surface area contributed by atoms with Crippen LogP contribution < -0.4 is 11.1 Å². The van der Waals surface area contributed by atoms with E-state index in [-0.39, 0.29) is 17.9 Å². The third-order valence-corrected chi connectivity index (χ3v) is 3.83. The summed E-state index contributed by atoms with van der Waals surface area (Å²) in [4.78, 5) is 16.1. The quantitative estimate of drug-likeness (QED) is 0.889. The molecular formula is C15H19N5O. The minimum Gasteiger partial charge on any atom is -0.328 e. The van der Waals surface area contributed by atoms with Crippen molar-refractivity contribution < 1.29 is 4.79 Å². The van der Waals surface area contributed by atoms with E-state index in [9.17, 15) is 4.79 Å². The van der Waals surface area contributed by atoms with Crippen molar-refractivity contribution in [2.45, 2.75) is 31.8 Å². The summed E-state index contributed by atoms with van der Waals surface area (Å²) in [6.07, 6.45) is 7.93. The summed E-state index contributed by atoms with van der Waals surface area (Å²) < 4.78 is 1.80. The Balaban J connectivity index is 1.59. The second-order valence-electron chi connectivity index (χ2n) is 5.51. The summed E-state index contributed by atoms with van der Waals surface area (Å²) in [5, 5.41) is 7.24. The number of amides is 1. The molecule has 3 N–H and O–H groups in total. The van der Waals surface area contributed by atoms with Gasteiger partial charge in [-0.05, 0) is 37.0 Å². The van der Waals surface area contributed by atoms with Gasteiger partial charge in [0.25, 0.3) is 0 Å². The molecule has 0 bridgehead atoms. The van der Waals surface area contributed by atoms with Crippen molar-refractivity contribution in [1.82, 2.24) is 14.8 Å². The first-order chi connectivity index (χ1) is 10.2. The van der Waals surface area contributed by atoms with Crippen LogP contribution in [0.4, 0.5) is 5.82 Å². The van der Waals surface area contributed by atoms with Crippen molar-refractivity contribution in [2.75, 3.05) is 5.32 Å². The molecule has 2 aromatic rings. The van der Waals surface area contributed by atoms with Crippen LogP contribution in [0.3, 0.4) is 0 Å². The molecule has 1 aliphatic carbocycles. The molecule has 6 nitrogen and oxygen atoms in total. The molecule has 3 rings (SSSR count). The maximum Gasteiger partial charge on any atom is 0.228 e. The zero-order chi connectivity index (χ0) is 14.7. The molecule has 1 saturated carbocycles. The predicted octanol–water partition coefficient (Wildman–Crippen LogP) is 1.39. The van der Waals surface area contributed by atoms with Crippen molar-refractivity contribution in [3.63, 3.8) is 0 Å². The van der Waals surface area contributed by atoms with Gasteiger partial charge in [-0.15, -0.1) is 0 Å². The highest BCUT2D eigenvalue weighted by molar-refractivity contribution is 5.91. The van der Waals surface area contributed by atoms with E-state index in [1.165, 1.54) is 0 Å². The van der Waals surface area contributed by atoms with Gasteiger partial charge < -0.3 is 11.1 Å². The summed E-state index contributed by atoms with van der Waals surface area (Å²) in [7, 11) is 0. The Morgan fingerprint density at radius 2 is 2.14 bits per heavy atom. The highest BCUT2D eigenvalue weighted by Crippen LogP contribution is 2.25. The van der Waals surface area contributed by atoms with E-state index in [1.807, 2.05) is 24.4 Å². The Hall–Kier alpha value is -2.21. The molecule has 1 amide bonds. The molecule has 2 unspecified atom stereocenters. The molecule has 0 aliphatic heterocycles. The maximum atomic E-state index is 12.1. The molecule has 0 saturated heterocycles. The van der Waals surface area contributed by atoms with Crippen LogP contribution in [0.25, 0.3) is 0 Å². The van der Waals surface area contributed by atoms with Gasteiger partial charge in [0.1, 0.15) is 0 Å². The average Bonchev–Trinajstić information content (AvgIpc) is 3.09. The molecule has 2 heterocycles. The smallest absolute Gasteiger partial charge is 0.228 e. The molecule has 1 fully saturated rings. The largest absolute Gasteiger partial charge is 0.328 e. The fraction of sp³-hybridized carbons (Fsp3) is 0.400. The highest BCUT2D eigenvalue weighted by Gasteiger charge is 2.27. The van der Waals surface area contributed by atoms with Crippen LogP contribution in [0.1, 0.15) is 24.8 Å². The van der Waals surface area contributed by atoms with E-state index in [0.29, 0.717) is 12.4 Å². The fourth-order valence-electron chi connectivity index (χ4n) is 2.67. The van der Waals surface area contributed by atoms with Crippen molar-refractivity contribution in [1.29, 1.82) is 0 Å². The molecule has 110 valence electrons. The van der Waals surface area contributed by atoms with Crippen LogP contribution in [0.5, 0.6) is 0 Å². The monoisotopic (exact) mass is 285 g/mol. The minimum atomic E-state index is 0.0188. The molecule has 2 aromatic heterocycles. The van der Waals surface area contributed by atoms with Gasteiger partial charge in [-0.3, -0.25) is 14.5 Å². The number of hydrogen-bond donors (Lipinski definition) is 2. The third kappa shape index (κ3) is 3.46. The highest BCUT2D eigenvalue weighted by atomic mass is 16.2. The first-order valence-electron chi connectivity index (χ1n) is 7.19. The van der Waals surface area contributed by atoms with Crippen LogP contribution in [0, 0.1) is 5.92 Å². The van der Waals surface area contributed by atoms with Gasteiger partial charge >= 0.3 is 0 Å². The second kappa shape index (κ2) is 6.05. The lowest BCUT2D eigenvalue weighted by Crippen LogP contribution is -2.23. The maximum absolute atomic E-state index is 12.1. The lowest BCUT2D eigenvalue weighted by Gasteiger charge is -2.08. The van der Waals surface area contributed by atoms with Crippen LogP contribution in [0.15, 0.2) is 36.8 Å². The number of rotatable bonds is 4. The second-order valence-corrected chi connectivity index (χ2v) is 5.51. The van der Waals surface area contributed by atoms with E-state index in [4.69, 9.17) is 5.73 Å². The summed E-state index contributed by atoms with van der Waals surface area (Å²) in [5.41, 5.74) is 6.96. The van der Waals surface area contributed by atoms with Gasteiger partial charge in [-0.2, -0.15) is 5.10 Å². The molecule has 6 heteroatoms. The number of nitrogens with two attached hydrogens (primary N) is 1. The first-order valence-corrected chi connectivity index (χ1v) is 7.19. The summed E-state index contributed by atoms with van der Waals surface area (Å²) in [5.74, 6) is 0.636. The Labute approximate surface area is 123 Å². The molecule has 1 aliphatic rings. The van der Waals surface area contributed by atoms with Gasteiger partial charge in [-0.1, -0.05) is 0 Å². The van der Waals surface area contributed by atoms with Gasteiger partial charge in [0.05, 0.1) is 6.54 Å². The normalized spacial score (nSPS) is 21.4. The molecule has 0 aromatic carbocycles. The van der Waals surface area contributed by atoms with Crippen molar-refractivity contribution in [2.24, 2.45) is 11.7 Å². The van der Waals surface area contributed by atoms with Crippen molar-refractivity contribution in [3.05, 3.63) is 42.4 Å². The van der Waals surface area contributed by atoms with Crippen molar-refractivity contribution >= 4 is 11.7 Å².